The Morgan fingerprint density at radius 2 is 1.61 bits per heavy atom. The van der Waals surface area contributed by atoms with Crippen LogP contribution in [0.4, 0.5) is 5.69 Å². The molecule has 1 aliphatic heterocycles. The van der Waals surface area contributed by atoms with Crippen LogP contribution >= 0.6 is 0 Å². The fourth-order valence-corrected chi connectivity index (χ4v) is 3.59. The van der Waals surface area contributed by atoms with E-state index in [0.717, 1.165) is 12.8 Å². The number of nitrogens with two attached hydrogens (primary N) is 1. The zero-order chi connectivity index (χ0) is 16.2. The molecule has 5 nitrogen and oxygen atoms in total. The third kappa shape index (κ3) is 3.66. The number of benzene rings is 1. The second kappa shape index (κ2) is 7.02. The zero-order valence-electron chi connectivity index (χ0n) is 13.5. The average Bonchev–Trinajstić information content (AvgIpc) is 2.61. The minimum atomic E-state index is 0.00191. The van der Waals surface area contributed by atoms with Gasteiger partial charge in [-0.25, -0.2) is 0 Å². The Hall–Kier alpha value is -2.04. The van der Waals surface area contributed by atoms with Gasteiger partial charge in [0.25, 0.3) is 5.91 Å². The number of anilines is 1. The van der Waals surface area contributed by atoms with Gasteiger partial charge < -0.3 is 15.5 Å². The van der Waals surface area contributed by atoms with Gasteiger partial charge in [0.15, 0.2) is 0 Å². The van der Waals surface area contributed by atoms with E-state index in [1.165, 1.54) is 19.3 Å². The highest BCUT2D eigenvalue weighted by Crippen LogP contribution is 2.26. The fourth-order valence-electron chi connectivity index (χ4n) is 3.59. The summed E-state index contributed by atoms with van der Waals surface area (Å²) in [5.74, 6) is 0.503. The van der Waals surface area contributed by atoms with E-state index in [-0.39, 0.29) is 11.8 Å². The third-order valence-electron chi connectivity index (χ3n) is 4.97. The van der Waals surface area contributed by atoms with E-state index in [4.69, 9.17) is 5.73 Å². The van der Waals surface area contributed by atoms with Crippen LogP contribution in [0.5, 0.6) is 0 Å². The van der Waals surface area contributed by atoms with Gasteiger partial charge in [0.1, 0.15) is 0 Å². The maximum atomic E-state index is 12.6. The van der Waals surface area contributed by atoms with Crippen LogP contribution in [-0.4, -0.2) is 47.8 Å². The van der Waals surface area contributed by atoms with Gasteiger partial charge in [0.2, 0.25) is 5.91 Å². The first-order valence-electron chi connectivity index (χ1n) is 8.59. The van der Waals surface area contributed by atoms with Gasteiger partial charge in [-0.2, -0.15) is 0 Å². The van der Waals surface area contributed by atoms with E-state index in [9.17, 15) is 9.59 Å². The lowest BCUT2D eigenvalue weighted by atomic mass is 9.88. The maximum Gasteiger partial charge on any atom is 0.254 e. The van der Waals surface area contributed by atoms with Gasteiger partial charge in [-0.05, 0) is 31.0 Å². The molecule has 1 heterocycles. The van der Waals surface area contributed by atoms with E-state index >= 15 is 0 Å². The summed E-state index contributed by atoms with van der Waals surface area (Å²) in [6.07, 6.45) is 5.66. The van der Waals surface area contributed by atoms with Crippen LogP contribution < -0.4 is 5.73 Å². The molecule has 2 aliphatic rings. The summed E-state index contributed by atoms with van der Waals surface area (Å²) in [6, 6.07) is 7.07. The van der Waals surface area contributed by atoms with Crippen LogP contribution in [-0.2, 0) is 4.79 Å². The van der Waals surface area contributed by atoms with Crippen LogP contribution in [0.1, 0.15) is 42.5 Å². The van der Waals surface area contributed by atoms with Crippen LogP contribution in [0.3, 0.4) is 0 Å². The molecule has 1 saturated heterocycles. The number of hydrogen-bond acceptors (Lipinski definition) is 3. The predicted molar refractivity (Wildman–Crippen MR) is 89.9 cm³/mol. The molecule has 5 heteroatoms. The van der Waals surface area contributed by atoms with Gasteiger partial charge in [-0.15, -0.1) is 0 Å². The molecular formula is C18H25N3O2. The Bertz CT molecular complexity index is 573. The first-order chi connectivity index (χ1) is 11.1. The van der Waals surface area contributed by atoms with Crippen LogP contribution in [0.2, 0.25) is 0 Å². The Morgan fingerprint density at radius 1 is 0.957 bits per heavy atom. The number of amides is 2. The van der Waals surface area contributed by atoms with Crippen molar-refractivity contribution in [3.05, 3.63) is 29.8 Å². The molecule has 1 aromatic rings. The smallest absolute Gasteiger partial charge is 0.254 e. The Morgan fingerprint density at radius 3 is 2.26 bits per heavy atom. The predicted octanol–water partition coefficient (Wildman–Crippen LogP) is 2.13. The summed E-state index contributed by atoms with van der Waals surface area (Å²) in [6.45, 7) is 2.49. The minimum absolute atomic E-state index is 0.00191. The van der Waals surface area contributed by atoms with Crippen LogP contribution in [0, 0.1) is 5.92 Å². The zero-order valence-corrected chi connectivity index (χ0v) is 13.5. The van der Waals surface area contributed by atoms with Crippen molar-refractivity contribution in [2.24, 2.45) is 5.92 Å². The molecule has 2 N–H and O–H groups in total. The number of nitrogens with zero attached hydrogens (tertiary/aromatic N) is 2. The SMILES string of the molecule is Nc1cccc(C(=O)N2CCN(C(=O)C3CCCCC3)CC2)c1. The van der Waals surface area contributed by atoms with E-state index in [2.05, 4.69) is 0 Å². The summed E-state index contributed by atoms with van der Waals surface area (Å²) in [5, 5.41) is 0. The summed E-state index contributed by atoms with van der Waals surface area (Å²) in [4.78, 5) is 28.8. The molecule has 1 aliphatic carbocycles. The van der Waals surface area contributed by atoms with Gasteiger partial charge in [-0.1, -0.05) is 25.3 Å². The van der Waals surface area contributed by atoms with Crippen molar-refractivity contribution in [3.63, 3.8) is 0 Å². The highest BCUT2D eigenvalue weighted by atomic mass is 16.2. The lowest BCUT2D eigenvalue weighted by Crippen LogP contribution is -2.52. The first-order valence-corrected chi connectivity index (χ1v) is 8.59. The Labute approximate surface area is 137 Å². The lowest BCUT2D eigenvalue weighted by molar-refractivity contribution is -0.138. The molecule has 3 rings (SSSR count). The van der Waals surface area contributed by atoms with Crippen molar-refractivity contribution in [2.45, 2.75) is 32.1 Å². The van der Waals surface area contributed by atoms with Crippen molar-refractivity contribution in [1.82, 2.24) is 9.80 Å². The second-order valence-electron chi connectivity index (χ2n) is 6.58. The number of carbonyl (C=O) groups excluding carboxylic acids is 2. The standard InChI is InChI=1S/C18H25N3O2/c19-16-8-4-7-15(13-16)18(23)21-11-9-20(10-12-21)17(22)14-5-2-1-3-6-14/h4,7-8,13-14H,1-3,5-6,9-12,19H2. The summed E-state index contributed by atoms with van der Waals surface area (Å²) in [5.41, 5.74) is 6.97. The highest BCUT2D eigenvalue weighted by Gasteiger charge is 2.29. The number of carbonyl (C=O) groups is 2. The molecule has 0 bridgehead atoms. The molecule has 0 spiro atoms. The molecule has 2 amide bonds. The van der Waals surface area contributed by atoms with Crippen molar-refractivity contribution in [1.29, 1.82) is 0 Å². The quantitative estimate of drug-likeness (QED) is 0.850. The molecule has 0 aromatic heterocycles. The van der Waals surface area contributed by atoms with E-state index in [1.54, 1.807) is 24.3 Å². The second-order valence-corrected chi connectivity index (χ2v) is 6.58. The molecule has 23 heavy (non-hydrogen) atoms. The molecule has 2 fully saturated rings. The number of nitrogen functional groups attached to an aromatic ring is 1. The molecule has 1 saturated carbocycles. The van der Waals surface area contributed by atoms with E-state index < -0.39 is 0 Å². The molecule has 0 atom stereocenters. The summed E-state index contributed by atoms with van der Waals surface area (Å²) in [7, 11) is 0. The van der Waals surface area contributed by atoms with Gasteiger partial charge in [0.05, 0.1) is 0 Å². The third-order valence-corrected chi connectivity index (χ3v) is 4.97. The average molecular weight is 315 g/mol. The lowest BCUT2D eigenvalue weighted by Gasteiger charge is -2.37. The van der Waals surface area contributed by atoms with Crippen molar-refractivity contribution < 1.29 is 9.59 Å². The Kier molecular flexibility index (Phi) is 4.84. The summed E-state index contributed by atoms with van der Waals surface area (Å²) >= 11 is 0. The topological polar surface area (TPSA) is 66.6 Å². The number of hydrogen-bond donors (Lipinski definition) is 1. The van der Waals surface area contributed by atoms with Gasteiger partial charge in [-0.3, -0.25) is 9.59 Å². The molecule has 124 valence electrons. The minimum Gasteiger partial charge on any atom is -0.399 e. The van der Waals surface area contributed by atoms with Crippen LogP contribution in [0.15, 0.2) is 24.3 Å². The largest absolute Gasteiger partial charge is 0.399 e. The fraction of sp³-hybridized carbons (Fsp3) is 0.556. The molecule has 0 unspecified atom stereocenters. The van der Waals surface area contributed by atoms with Gasteiger partial charge in [0, 0.05) is 43.3 Å². The first kappa shape index (κ1) is 15.8. The van der Waals surface area contributed by atoms with Crippen molar-refractivity contribution in [2.75, 3.05) is 31.9 Å². The Balaban J connectivity index is 1.55. The van der Waals surface area contributed by atoms with Crippen molar-refractivity contribution >= 4 is 17.5 Å². The van der Waals surface area contributed by atoms with Gasteiger partial charge >= 0.3 is 0 Å². The number of piperazine rings is 1. The van der Waals surface area contributed by atoms with E-state index in [0.29, 0.717) is 43.3 Å². The normalized spacial score (nSPS) is 19.7. The maximum absolute atomic E-state index is 12.6. The monoisotopic (exact) mass is 315 g/mol. The van der Waals surface area contributed by atoms with E-state index in [1.807, 2.05) is 9.80 Å². The number of rotatable bonds is 2. The molecular weight excluding hydrogens is 290 g/mol. The van der Waals surface area contributed by atoms with Crippen LogP contribution in [0.25, 0.3) is 0 Å². The summed E-state index contributed by atoms with van der Waals surface area (Å²) < 4.78 is 0. The molecule has 1 aromatic carbocycles. The highest BCUT2D eigenvalue weighted by molar-refractivity contribution is 5.95. The molecule has 0 radical (unpaired) electrons. The van der Waals surface area contributed by atoms with Crippen molar-refractivity contribution in [3.8, 4) is 0 Å².